The number of rotatable bonds is 8. The average Bonchev–Trinajstić information content (AvgIpc) is 3.58. The number of nitrogens with zero attached hydrogens (tertiary/aromatic N) is 3. The highest BCUT2D eigenvalue weighted by molar-refractivity contribution is 7.89. The summed E-state index contributed by atoms with van der Waals surface area (Å²) in [5.74, 6) is 0.370. The molecule has 9 heteroatoms. The zero-order valence-corrected chi connectivity index (χ0v) is 23.6. The maximum absolute atomic E-state index is 13.8. The van der Waals surface area contributed by atoms with Crippen molar-refractivity contribution in [2.75, 3.05) is 11.4 Å². The molecule has 1 aliphatic carbocycles. The molecule has 2 heterocycles. The molecule has 0 aliphatic heterocycles. The van der Waals surface area contributed by atoms with Crippen molar-refractivity contribution in [2.24, 2.45) is 0 Å². The maximum Gasteiger partial charge on any atom is 0.260 e. The van der Waals surface area contributed by atoms with Crippen LogP contribution in [0, 0.1) is 13.8 Å². The van der Waals surface area contributed by atoms with Gasteiger partial charge in [0.1, 0.15) is 5.76 Å². The standard InChI is InChI=1S/C29H33N3O4S2/c1-4-32(23-9-6-5-7-10-23)38(34,35)25-14-12-22(13-15-25)28(33)31(19-24-11-8-16-36-24)29-30-27-21(3)17-20(2)18-26(27)37-29/h8,11-18,23H,4-7,9-10,19H2,1-3H3. The first-order valence-electron chi connectivity index (χ1n) is 13.1. The molecule has 7 nitrogen and oxygen atoms in total. The number of carbonyl (C=O) groups is 1. The summed E-state index contributed by atoms with van der Waals surface area (Å²) in [4.78, 5) is 20.4. The second-order valence-electron chi connectivity index (χ2n) is 9.92. The predicted molar refractivity (Wildman–Crippen MR) is 151 cm³/mol. The molecule has 0 radical (unpaired) electrons. The van der Waals surface area contributed by atoms with E-state index in [4.69, 9.17) is 9.40 Å². The second-order valence-corrected chi connectivity index (χ2v) is 12.8. The molecular formula is C29H33N3O4S2. The molecule has 4 aromatic rings. The van der Waals surface area contributed by atoms with E-state index in [2.05, 4.69) is 12.1 Å². The highest BCUT2D eigenvalue weighted by atomic mass is 32.2. The maximum atomic E-state index is 13.8. The largest absolute Gasteiger partial charge is 0.467 e. The number of aryl methyl sites for hydroxylation is 2. The van der Waals surface area contributed by atoms with E-state index >= 15 is 0 Å². The van der Waals surface area contributed by atoms with Crippen LogP contribution in [0.2, 0.25) is 0 Å². The molecule has 0 N–H and O–H groups in total. The Morgan fingerprint density at radius 3 is 2.47 bits per heavy atom. The number of amides is 1. The van der Waals surface area contributed by atoms with Crippen molar-refractivity contribution in [3.63, 3.8) is 0 Å². The van der Waals surface area contributed by atoms with Crippen molar-refractivity contribution in [2.45, 2.75) is 70.4 Å². The van der Waals surface area contributed by atoms with Crippen molar-refractivity contribution >= 4 is 42.6 Å². The van der Waals surface area contributed by atoms with E-state index in [9.17, 15) is 13.2 Å². The highest BCUT2D eigenvalue weighted by Crippen LogP contribution is 2.34. The Hall–Kier alpha value is -3.01. The Bertz CT molecular complexity index is 1520. The molecule has 0 spiro atoms. The van der Waals surface area contributed by atoms with Crippen LogP contribution in [0.3, 0.4) is 0 Å². The third-order valence-corrected chi connectivity index (χ3v) is 10.3. The fraction of sp³-hybridized carbons (Fsp3) is 0.379. The number of anilines is 1. The van der Waals surface area contributed by atoms with Crippen LogP contribution in [0.15, 0.2) is 64.1 Å². The van der Waals surface area contributed by atoms with E-state index in [0.717, 1.165) is 53.4 Å². The van der Waals surface area contributed by atoms with Crippen molar-refractivity contribution in [3.05, 3.63) is 77.2 Å². The Morgan fingerprint density at radius 2 is 1.82 bits per heavy atom. The minimum Gasteiger partial charge on any atom is -0.467 e. The van der Waals surface area contributed by atoms with Crippen molar-refractivity contribution < 1.29 is 17.6 Å². The molecule has 5 rings (SSSR count). The van der Waals surface area contributed by atoms with Crippen molar-refractivity contribution in [1.82, 2.24) is 9.29 Å². The van der Waals surface area contributed by atoms with Gasteiger partial charge in [0.25, 0.3) is 5.91 Å². The summed E-state index contributed by atoms with van der Waals surface area (Å²) >= 11 is 1.46. The van der Waals surface area contributed by atoms with Gasteiger partial charge in [-0.05, 0) is 80.3 Å². The molecular weight excluding hydrogens is 518 g/mol. The van der Waals surface area contributed by atoms with E-state index in [1.807, 2.05) is 26.8 Å². The Labute approximate surface area is 228 Å². The van der Waals surface area contributed by atoms with Gasteiger partial charge in [-0.1, -0.05) is 43.6 Å². The summed E-state index contributed by atoms with van der Waals surface area (Å²) in [6, 6.07) is 14.1. The SMILES string of the molecule is CCN(C1CCCCC1)S(=O)(=O)c1ccc(C(=O)N(Cc2ccco2)c2nc3c(C)cc(C)cc3s2)cc1. The minimum atomic E-state index is -3.65. The van der Waals surface area contributed by atoms with Gasteiger partial charge in [0.05, 0.1) is 27.9 Å². The van der Waals surface area contributed by atoms with Crippen LogP contribution in [0.25, 0.3) is 10.2 Å². The van der Waals surface area contributed by atoms with E-state index in [1.165, 1.54) is 11.3 Å². The molecule has 2 aromatic carbocycles. The molecule has 0 saturated heterocycles. The number of hydrogen-bond acceptors (Lipinski definition) is 6. The number of fused-ring (bicyclic) bond motifs is 1. The quantitative estimate of drug-likeness (QED) is 0.243. The van der Waals surface area contributed by atoms with Crippen LogP contribution in [0.1, 0.15) is 66.3 Å². The van der Waals surface area contributed by atoms with E-state index < -0.39 is 10.0 Å². The monoisotopic (exact) mass is 551 g/mol. The van der Waals surface area contributed by atoms with Crippen LogP contribution in [0.4, 0.5) is 5.13 Å². The molecule has 200 valence electrons. The molecule has 2 aromatic heterocycles. The summed E-state index contributed by atoms with van der Waals surface area (Å²) in [6.45, 7) is 6.60. The zero-order chi connectivity index (χ0) is 26.9. The molecule has 38 heavy (non-hydrogen) atoms. The van der Waals surface area contributed by atoms with Gasteiger partial charge in [-0.3, -0.25) is 9.69 Å². The smallest absolute Gasteiger partial charge is 0.260 e. The minimum absolute atomic E-state index is 0.0370. The normalized spacial score (nSPS) is 14.8. The van der Waals surface area contributed by atoms with E-state index in [1.54, 1.807) is 45.8 Å². The molecule has 1 saturated carbocycles. The Kier molecular flexibility index (Phi) is 7.70. The van der Waals surface area contributed by atoms with Crippen LogP contribution in [-0.4, -0.2) is 36.2 Å². The first-order chi connectivity index (χ1) is 18.3. The van der Waals surface area contributed by atoms with Gasteiger partial charge in [-0.25, -0.2) is 13.4 Å². The van der Waals surface area contributed by atoms with Gasteiger partial charge < -0.3 is 4.42 Å². The number of furan rings is 1. The first-order valence-corrected chi connectivity index (χ1v) is 15.4. The van der Waals surface area contributed by atoms with Crippen LogP contribution < -0.4 is 4.90 Å². The fourth-order valence-corrected chi connectivity index (χ4v) is 8.15. The second kappa shape index (κ2) is 11.0. The van der Waals surface area contributed by atoms with E-state index in [0.29, 0.717) is 23.0 Å². The number of carbonyl (C=O) groups excluding carboxylic acids is 1. The molecule has 1 amide bonds. The Balaban J connectivity index is 1.46. The summed E-state index contributed by atoms with van der Waals surface area (Å²) < 4.78 is 35.1. The van der Waals surface area contributed by atoms with Crippen LogP contribution in [-0.2, 0) is 16.6 Å². The topological polar surface area (TPSA) is 83.7 Å². The number of hydrogen-bond donors (Lipinski definition) is 0. The van der Waals surface area contributed by atoms with Gasteiger partial charge in [0, 0.05) is 18.2 Å². The number of sulfonamides is 1. The fourth-order valence-electron chi connectivity index (χ4n) is 5.31. The lowest BCUT2D eigenvalue weighted by Crippen LogP contribution is -2.41. The Morgan fingerprint density at radius 1 is 1.08 bits per heavy atom. The third kappa shape index (κ3) is 5.28. The van der Waals surface area contributed by atoms with Gasteiger partial charge >= 0.3 is 0 Å². The predicted octanol–water partition coefficient (Wildman–Crippen LogP) is 6.70. The molecule has 1 fully saturated rings. The number of benzene rings is 2. The van der Waals surface area contributed by atoms with Gasteiger partial charge in [-0.15, -0.1) is 0 Å². The van der Waals surface area contributed by atoms with Gasteiger partial charge in [0.2, 0.25) is 10.0 Å². The summed E-state index contributed by atoms with van der Waals surface area (Å²) in [6.07, 6.45) is 6.64. The van der Waals surface area contributed by atoms with E-state index in [-0.39, 0.29) is 23.4 Å². The number of thiazole rings is 1. The number of aromatic nitrogens is 1. The molecule has 0 bridgehead atoms. The zero-order valence-electron chi connectivity index (χ0n) is 22.0. The van der Waals surface area contributed by atoms with Crippen molar-refractivity contribution in [1.29, 1.82) is 0 Å². The first kappa shape index (κ1) is 26.6. The van der Waals surface area contributed by atoms with Gasteiger partial charge in [0.15, 0.2) is 5.13 Å². The molecule has 1 aliphatic rings. The lowest BCUT2D eigenvalue weighted by Gasteiger charge is -2.32. The lowest BCUT2D eigenvalue weighted by molar-refractivity contribution is 0.0983. The van der Waals surface area contributed by atoms with Crippen LogP contribution in [0.5, 0.6) is 0 Å². The highest BCUT2D eigenvalue weighted by Gasteiger charge is 2.31. The summed E-state index contributed by atoms with van der Waals surface area (Å²) in [5, 5.41) is 0.571. The summed E-state index contributed by atoms with van der Waals surface area (Å²) in [7, 11) is -3.65. The van der Waals surface area contributed by atoms with Gasteiger partial charge in [-0.2, -0.15) is 4.31 Å². The third-order valence-electron chi connectivity index (χ3n) is 7.19. The summed E-state index contributed by atoms with van der Waals surface area (Å²) in [5.41, 5.74) is 3.46. The lowest BCUT2D eigenvalue weighted by atomic mass is 9.95. The van der Waals surface area contributed by atoms with Crippen molar-refractivity contribution in [3.8, 4) is 0 Å². The molecule has 0 atom stereocenters. The average molecular weight is 552 g/mol. The molecule has 0 unspecified atom stereocenters. The van der Waals surface area contributed by atoms with Crippen LogP contribution >= 0.6 is 11.3 Å².